The van der Waals surface area contributed by atoms with Crippen LogP contribution in [0, 0.1) is 0 Å². The Labute approximate surface area is 104 Å². The largest absolute Gasteiger partial charge is 0.394 e. The highest BCUT2D eigenvalue weighted by atomic mass is 16.3. The molecule has 1 aromatic rings. The monoisotopic (exact) mass is 239 g/mol. The predicted molar refractivity (Wildman–Crippen MR) is 71.2 cm³/mol. The van der Waals surface area contributed by atoms with Gasteiger partial charge < -0.3 is 10.4 Å². The molecular formula is C13H25N3O. The van der Waals surface area contributed by atoms with Crippen LogP contribution < -0.4 is 5.32 Å². The first-order valence-corrected chi connectivity index (χ1v) is 6.66. The molecule has 0 aliphatic heterocycles. The normalized spacial score (nSPS) is 12.6. The first-order valence-electron chi connectivity index (χ1n) is 6.66. The Balaban J connectivity index is 2.22. The maximum Gasteiger partial charge on any atom is 0.0728 e. The van der Waals surface area contributed by atoms with E-state index in [9.17, 15) is 0 Å². The van der Waals surface area contributed by atoms with Crippen molar-refractivity contribution in [2.75, 3.05) is 11.9 Å². The molecule has 0 aliphatic rings. The van der Waals surface area contributed by atoms with E-state index in [1.54, 1.807) is 4.68 Å². The number of unbranched alkanes of at least 4 members (excludes halogenated alkanes) is 3. The summed E-state index contributed by atoms with van der Waals surface area (Å²) in [6.45, 7) is 5.13. The lowest BCUT2D eigenvalue weighted by Crippen LogP contribution is -2.14. The molecule has 1 unspecified atom stereocenters. The highest BCUT2D eigenvalue weighted by Gasteiger charge is 2.03. The minimum Gasteiger partial charge on any atom is -0.394 e. The van der Waals surface area contributed by atoms with Crippen molar-refractivity contribution in [2.45, 2.75) is 58.5 Å². The van der Waals surface area contributed by atoms with Crippen molar-refractivity contribution in [3.05, 3.63) is 12.4 Å². The topological polar surface area (TPSA) is 50.1 Å². The Morgan fingerprint density at radius 3 is 2.94 bits per heavy atom. The Bertz CT molecular complexity index is 299. The van der Waals surface area contributed by atoms with Gasteiger partial charge in [0.25, 0.3) is 0 Å². The van der Waals surface area contributed by atoms with Gasteiger partial charge in [0.2, 0.25) is 0 Å². The summed E-state index contributed by atoms with van der Waals surface area (Å²) >= 11 is 0. The zero-order chi connectivity index (χ0) is 12.5. The van der Waals surface area contributed by atoms with Gasteiger partial charge in [-0.05, 0) is 13.3 Å². The number of aliphatic hydroxyl groups is 1. The molecule has 0 fully saturated rings. The van der Waals surface area contributed by atoms with Gasteiger partial charge in [-0.15, -0.1) is 0 Å². The maximum atomic E-state index is 8.80. The molecule has 0 bridgehead atoms. The Morgan fingerprint density at radius 2 is 2.24 bits per heavy atom. The van der Waals surface area contributed by atoms with Crippen molar-refractivity contribution in [3.63, 3.8) is 0 Å². The van der Waals surface area contributed by atoms with Crippen molar-refractivity contribution in [1.82, 2.24) is 9.78 Å². The van der Waals surface area contributed by atoms with Crippen LogP contribution in [0.2, 0.25) is 0 Å². The van der Waals surface area contributed by atoms with Crippen LogP contribution in [0.3, 0.4) is 0 Å². The molecule has 98 valence electrons. The average molecular weight is 239 g/mol. The molecule has 0 aromatic carbocycles. The molecule has 0 spiro atoms. The number of hydrogen-bond donors (Lipinski definition) is 2. The third-order valence-corrected chi connectivity index (χ3v) is 2.87. The van der Waals surface area contributed by atoms with Crippen molar-refractivity contribution in [2.24, 2.45) is 0 Å². The molecular weight excluding hydrogens is 214 g/mol. The van der Waals surface area contributed by atoms with Gasteiger partial charge in [-0.25, -0.2) is 0 Å². The summed E-state index contributed by atoms with van der Waals surface area (Å²) in [5, 5.41) is 16.4. The van der Waals surface area contributed by atoms with Crippen LogP contribution in [-0.2, 0) is 6.54 Å². The lowest BCUT2D eigenvalue weighted by Gasteiger charge is -2.13. The average Bonchev–Trinajstić information content (AvgIpc) is 2.73. The van der Waals surface area contributed by atoms with Gasteiger partial charge in [-0.2, -0.15) is 5.10 Å². The summed E-state index contributed by atoms with van der Waals surface area (Å²) in [4.78, 5) is 0. The molecule has 0 radical (unpaired) electrons. The SMILES string of the molecule is CCCCCCC(C)Nc1cnn(CCO)c1. The zero-order valence-corrected chi connectivity index (χ0v) is 11.0. The third kappa shape index (κ3) is 5.73. The summed E-state index contributed by atoms with van der Waals surface area (Å²) in [5.74, 6) is 0. The van der Waals surface area contributed by atoms with E-state index in [4.69, 9.17) is 5.11 Å². The van der Waals surface area contributed by atoms with Crippen molar-refractivity contribution in [1.29, 1.82) is 0 Å². The van der Waals surface area contributed by atoms with Gasteiger partial charge in [0.15, 0.2) is 0 Å². The smallest absolute Gasteiger partial charge is 0.0728 e. The van der Waals surface area contributed by atoms with E-state index < -0.39 is 0 Å². The number of aliphatic hydroxyl groups excluding tert-OH is 1. The number of aromatic nitrogens is 2. The fourth-order valence-corrected chi connectivity index (χ4v) is 1.90. The standard InChI is InChI=1S/C13H25N3O/c1-3-4-5-6-7-12(2)15-13-10-14-16(11-13)8-9-17/h10-12,15,17H,3-9H2,1-2H3. The molecule has 0 aliphatic carbocycles. The number of hydrogen-bond acceptors (Lipinski definition) is 3. The Morgan fingerprint density at radius 1 is 1.41 bits per heavy atom. The molecule has 4 heteroatoms. The van der Waals surface area contributed by atoms with Crippen LogP contribution in [-0.4, -0.2) is 27.5 Å². The molecule has 1 atom stereocenters. The van der Waals surface area contributed by atoms with Gasteiger partial charge in [0.1, 0.15) is 0 Å². The van der Waals surface area contributed by atoms with E-state index in [-0.39, 0.29) is 6.61 Å². The summed E-state index contributed by atoms with van der Waals surface area (Å²) in [7, 11) is 0. The molecule has 0 saturated carbocycles. The summed E-state index contributed by atoms with van der Waals surface area (Å²) < 4.78 is 1.76. The van der Waals surface area contributed by atoms with E-state index in [0.717, 1.165) is 5.69 Å². The van der Waals surface area contributed by atoms with Gasteiger partial charge >= 0.3 is 0 Å². The number of nitrogens with zero attached hydrogens (tertiary/aromatic N) is 2. The van der Waals surface area contributed by atoms with E-state index in [1.165, 1.54) is 32.1 Å². The molecule has 1 heterocycles. The van der Waals surface area contributed by atoms with E-state index in [0.29, 0.717) is 12.6 Å². The summed E-state index contributed by atoms with van der Waals surface area (Å²) in [6, 6.07) is 0.485. The van der Waals surface area contributed by atoms with Crippen LogP contribution in [0.5, 0.6) is 0 Å². The second-order valence-electron chi connectivity index (χ2n) is 4.61. The van der Waals surface area contributed by atoms with E-state index in [1.807, 2.05) is 12.4 Å². The van der Waals surface area contributed by atoms with Gasteiger partial charge in [0.05, 0.1) is 25.0 Å². The lowest BCUT2D eigenvalue weighted by atomic mass is 10.1. The van der Waals surface area contributed by atoms with Gasteiger partial charge in [-0.1, -0.05) is 32.6 Å². The maximum absolute atomic E-state index is 8.80. The van der Waals surface area contributed by atoms with Crippen LogP contribution in [0.15, 0.2) is 12.4 Å². The van der Waals surface area contributed by atoms with Crippen molar-refractivity contribution >= 4 is 5.69 Å². The minimum atomic E-state index is 0.133. The summed E-state index contributed by atoms with van der Waals surface area (Å²) in [5.41, 5.74) is 1.04. The van der Waals surface area contributed by atoms with Crippen LogP contribution >= 0.6 is 0 Å². The van der Waals surface area contributed by atoms with Crippen LogP contribution in [0.25, 0.3) is 0 Å². The van der Waals surface area contributed by atoms with Crippen LogP contribution in [0.1, 0.15) is 46.0 Å². The zero-order valence-electron chi connectivity index (χ0n) is 11.0. The lowest BCUT2D eigenvalue weighted by molar-refractivity contribution is 0.269. The molecule has 17 heavy (non-hydrogen) atoms. The van der Waals surface area contributed by atoms with Gasteiger partial charge in [0, 0.05) is 12.2 Å². The third-order valence-electron chi connectivity index (χ3n) is 2.87. The quantitative estimate of drug-likeness (QED) is 0.651. The first-order chi connectivity index (χ1) is 8.26. The minimum absolute atomic E-state index is 0.133. The second-order valence-corrected chi connectivity index (χ2v) is 4.61. The number of rotatable bonds is 9. The molecule has 4 nitrogen and oxygen atoms in total. The summed E-state index contributed by atoms with van der Waals surface area (Å²) in [6.07, 6.45) is 10.2. The Kier molecular flexibility index (Phi) is 6.70. The number of anilines is 1. The highest BCUT2D eigenvalue weighted by molar-refractivity contribution is 5.38. The number of nitrogens with one attached hydrogen (secondary N) is 1. The van der Waals surface area contributed by atoms with Gasteiger partial charge in [-0.3, -0.25) is 4.68 Å². The predicted octanol–water partition coefficient (Wildman–Crippen LogP) is 2.65. The van der Waals surface area contributed by atoms with Crippen molar-refractivity contribution < 1.29 is 5.11 Å². The fraction of sp³-hybridized carbons (Fsp3) is 0.769. The second kappa shape index (κ2) is 8.12. The van der Waals surface area contributed by atoms with E-state index in [2.05, 4.69) is 24.3 Å². The molecule has 0 saturated heterocycles. The first kappa shape index (κ1) is 14.0. The molecule has 0 amide bonds. The molecule has 1 rings (SSSR count). The molecule has 2 N–H and O–H groups in total. The Hall–Kier alpha value is -1.03. The van der Waals surface area contributed by atoms with Crippen molar-refractivity contribution in [3.8, 4) is 0 Å². The molecule has 1 aromatic heterocycles. The highest BCUT2D eigenvalue weighted by Crippen LogP contribution is 2.11. The fourth-order valence-electron chi connectivity index (χ4n) is 1.90. The van der Waals surface area contributed by atoms with E-state index >= 15 is 0 Å². The van der Waals surface area contributed by atoms with Crippen LogP contribution in [0.4, 0.5) is 5.69 Å².